The van der Waals surface area contributed by atoms with E-state index >= 15 is 0 Å². The zero-order valence-corrected chi connectivity index (χ0v) is 11.5. The zero-order valence-electron chi connectivity index (χ0n) is 11.5. The summed E-state index contributed by atoms with van der Waals surface area (Å²) in [5.41, 5.74) is 0.846. The number of aromatic nitrogens is 1. The second-order valence-corrected chi connectivity index (χ2v) is 3.98. The molecule has 0 aliphatic rings. The summed E-state index contributed by atoms with van der Waals surface area (Å²) in [5.74, 6) is -0.543. The molecule has 0 bridgehead atoms. The lowest BCUT2D eigenvalue weighted by Gasteiger charge is -2.08. The number of aromatic amines is 1. The molecule has 6 heteroatoms. The molecule has 2 aromatic rings. The molecule has 0 unspecified atom stereocenters. The van der Waals surface area contributed by atoms with Crippen LogP contribution in [0.2, 0.25) is 0 Å². The van der Waals surface area contributed by atoms with E-state index in [9.17, 15) is 9.59 Å². The number of H-pyrrole nitrogens is 1. The van der Waals surface area contributed by atoms with Gasteiger partial charge in [-0.25, -0.2) is 4.79 Å². The van der Waals surface area contributed by atoms with Crippen LogP contribution in [0.1, 0.15) is 17.3 Å². The molecule has 1 heterocycles. The van der Waals surface area contributed by atoms with E-state index in [1.807, 2.05) is 0 Å². The van der Waals surface area contributed by atoms with Gasteiger partial charge in [-0.2, -0.15) is 0 Å². The molecule has 0 aliphatic heterocycles. The monoisotopic (exact) mass is 277 g/mol. The van der Waals surface area contributed by atoms with Crippen molar-refractivity contribution in [3.8, 4) is 11.5 Å². The number of carbonyl (C=O) groups excluding carboxylic acids is 2. The van der Waals surface area contributed by atoms with Crippen LogP contribution < -0.4 is 9.47 Å². The molecule has 0 fully saturated rings. The van der Waals surface area contributed by atoms with E-state index in [4.69, 9.17) is 14.2 Å². The molecule has 0 spiro atoms. The minimum atomic E-state index is -0.872. The lowest BCUT2D eigenvalue weighted by Crippen LogP contribution is -2.17. The highest BCUT2D eigenvalue weighted by molar-refractivity contribution is 6.43. The van der Waals surface area contributed by atoms with Gasteiger partial charge in [0, 0.05) is 11.6 Å². The van der Waals surface area contributed by atoms with Crippen LogP contribution in [0.3, 0.4) is 0 Å². The van der Waals surface area contributed by atoms with Crippen molar-refractivity contribution < 1.29 is 23.8 Å². The number of hydrogen-bond donors (Lipinski definition) is 1. The second kappa shape index (κ2) is 5.64. The molecule has 106 valence electrons. The van der Waals surface area contributed by atoms with E-state index in [2.05, 4.69) is 4.98 Å². The summed E-state index contributed by atoms with van der Waals surface area (Å²) in [7, 11) is 3.03. The topological polar surface area (TPSA) is 77.6 Å². The summed E-state index contributed by atoms with van der Waals surface area (Å²) in [5, 5.41) is 0.584. The van der Waals surface area contributed by atoms with Gasteiger partial charge in [-0.05, 0) is 19.1 Å². The molecule has 20 heavy (non-hydrogen) atoms. The van der Waals surface area contributed by atoms with Gasteiger partial charge in [-0.3, -0.25) is 4.79 Å². The largest absolute Gasteiger partial charge is 0.493 e. The van der Waals surface area contributed by atoms with E-state index in [1.54, 1.807) is 19.1 Å². The summed E-state index contributed by atoms with van der Waals surface area (Å²) >= 11 is 0. The first-order valence-corrected chi connectivity index (χ1v) is 6.07. The third-order valence-corrected chi connectivity index (χ3v) is 2.90. The van der Waals surface area contributed by atoms with Crippen molar-refractivity contribution in [3.05, 3.63) is 23.9 Å². The number of hydrogen-bond acceptors (Lipinski definition) is 5. The Labute approximate surface area is 115 Å². The van der Waals surface area contributed by atoms with E-state index in [-0.39, 0.29) is 12.2 Å². The van der Waals surface area contributed by atoms with Crippen LogP contribution in [-0.2, 0) is 9.53 Å². The van der Waals surface area contributed by atoms with Crippen LogP contribution in [0.25, 0.3) is 10.9 Å². The van der Waals surface area contributed by atoms with Gasteiger partial charge in [0.05, 0.1) is 31.9 Å². The Hall–Kier alpha value is -2.50. The van der Waals surface area contributed by atoms with Crippen LogP contribution in [0.4, 0.5) is 0 Å². The molecule has 1 aromatic carbocycles. The molecule has 1 aromatic heterocycles. The third-order valence-electron chi connectivity index (χ3n) is 2.90. The number of ether oxygens (including phenoxy) is 3. The first kappa shape index (κ1) is 13.9. The Bertz CT molecular complexity index is 659. The molecule has 0 amide bonds. The van der Waals surface area contributed by atoms with E-state index < -0.39 is 11.8 Å². The highest BCUT2D eigenvalue weighted by Gasteiger charge is 2.23. The van der Waals surface area contributed by atoms with Gasteiger partial charge in [-0.1, -0.05) is 0 Å². The lowest BCUT2D eigenvalue weighted by atomic mass is 10.1. The Morgan fingerprint density at radius 1 is 1.20 bits per heavy atom. The minimum Gasteiger partial charge on any atom is -0.493 e. The molecule has 0 radical (unpaired) electrons. The standard InChI is InChI=1S/C14H15NO5/c1-4-20-14(17)12(16)9-7-15-11-8(9)5-6-10(18-2)13(11)19-3/h5-7,15H,4H2,1-3H3. The number of fused-ring (bicyclic) bond motifs is 1. The van der Waals surface area contributed by atoms with Crippen molar-refractivity contribution in [2.24, 2.45) is 0 Å². The third kappa shape index (κ3) is 2.20. The highest BCUT2D eigenvalue weighted by atomic mass is 16.5. The first-order chi connectivity index (χ1) is 9.63. The van der Waals surface area contributed by atoms with Crippen LogP contribution >= 0.6 is 0 Å². The number of Topliss-reactive ketones (excluding diaryl/α,β-unsaturated/α-hetero) is 1. The molecular weight excluding hydrogens is 262 g/mol. The predicted molar refractivity (Wildman–Crippen MR) is 72.4 cm³/mol. The van der Waals surface area contributed by atoms with Gasteiger partial charge >= 0.3 is 5.97 Å². The van der Waals surface area contributed by atoms with Crippen molar-refractivity contribution in [3.63, 3.8) is 0 Å². The summed E-state index contributed by atoms with van der Waals surface area (Å²) < 4.78 is 15.2. The van der Waals surface area contributed by atoms with Gasteiger partial charge in [0.15, 0.2) is 11.5 Å². The fourth-order valence-corrected chi connectivity index (χ4v) is 2.01. The number of methoxy groups -OCH3 is 2. The Morgan fingerprint density at radius 2 is 1.95 bits per heavy atom. The van der Waals surface area contributed by atoms with E-state index in [0.717, 1.165) is 0 Å². The maximum atomic E-state index is 12.0. The van der Waals surface area contributed by atoms with Gasteiger partial charge in [0.1, 0.15) is 0 Å². The zero-order chi connectivity index (χ0) is 14.7. The second-order valence-electron chi connectivity index (χ2n) is 3.98. The summed E-state index contributed by atoms with van der Waals surface area (Å²) in [6.45, 7) is 1.80. The van der Waals surface area contributed by atoms with Crippen LogP contribution in [0.15, 0.2) is 18.3 Å². The molecule has 0 aliphatic carbocycles. The van der Waals surface area contributed by atoms with Crippen molar-refractivity contribution in [1.29, 1.82) is 0 Å². The van der Waals surface area contributed by atoms with Crippen LogP contribution in [0, 0.1) is 0 Å². The molecule has 0 saturated carbocycles. The smallest absolute Gasteiger partial charge is 0.379 e. The molecule has 0 saturated heterocycles. The average molecular weight is 277 g/mol. The molecule has 2 rings (SSSR count). The van der Waals surface area contributed by atoms with Gasteiger partial charge in [-0.15, -0.1) is 0 Å². The Morgan fingerprint density at radius 3 is 2.55 bits per heavy atom. The van der Waals surface area contributed by atoms with Gasteiger partial charge in [0.25, 0.3) is 5.78 Å². The minimum absolute atomic E-state index is 0.157. The number of carbonyl (C=O) groups is 2. The average Bonchev–Trinajstić information content (AvgIpc) is 2.89. The maximum Gasteiger partial charge on any atom is 0.379 e. The van der Waals surface area contributed by atoms with Crippen molar-refractivity contribution in [2.45, 2.75) is 6.92 Å². The van der Waals surface area contributed by atoms with Gasteiger partial charge < -0.3 is 19.2 Å². The van der Waals surface area contributed by atoms with Crippen LogP contribution in [-0.4, -0.2) is 37.6 Å². The SMILES string of the molecule is CCOC(=O)C(=O)c1c[nH]c2c(OC)c(OC)ccc12. The molecule has 1 N–H and O–H groups in total. The molecule has 0 atom stereocenters. The molecular formula is C14H15NO5. The van der Waals surface area contributed by atoms with Gasteiger partial charge in [0.2, 0.25) is 0 Å². The summed E-state index contributed by atoms with van der Waals surface area (Å²) in [6, 6.07) is 3.37. The number of benzene rings is 1. The van der Waals surface area contributed by atoms with E-state index in [1.165, 1.54) is 20.4 Å². The summed E-state index contributed by atoms with van der Waals surface area (Å²) in [6.07, 6.45) is 1.46. The Balaban J connectivity index is 2.53. The first-order valence-electron chi connectivity index (χ1n) is 6.07. The number of nitrogens with one attached hydrogen (secondary N) is 1. The fourth-order valence-electron chi connectivity index (χ4n) is 2.01. The number of rotatable bonds is 5. The fraction of sp³-hybridized carbons (Fsp3) is 0.286. The predicted octanol–water partition coefficient (Wildman–Crippen LogP) is 1.93. The molecule has 6 nitrogen and oxygen atoms in total. The van der Waals surface area contributed by atoms with Crippen LogP contribution in [0.5, 0.6) is 11.5 Å². The highest BCUT2D eigenvalue weighted by Crippen LogP contribution is 2.36. The number of ketones is 1. The van der Waals surface area contributed by atoms with E-state index in [0.29, 0.717) is 22.4 Å². The van der Waals surface area contributed by atoms with Crippen molar-refractivity contribution >= 4 is 22.7 Å². The Kier molecular flexibility index (Phi) is 3.93. The van der Waals surface area contributed by atoms with Crippen molar-refractivity contribution in [2.75, 3.05) is 20.8 Å². The normalized spacial score (nSPS) is 10.3. The maximum absolute atomic E-state index is 12.0. The number of esters is 1. The lowest BCUT2D eigenvalue weighted by molar-refractivity contribution is -0.137. The quantitative estimate of drug-likeness (QED) is 0.513. The summed E-state index contributed by atoms with van der Waals surface area (Å²) in [4.78, 5) is 26.4. The van der Waals surface area contributed by atoms with Crippen molar-refractivity contribution in [1.82, 2.24) is 4.98 Å².